The fourth-order valence-electron chi connectivity index (χ4n) is 1.71. The molecule has 0 aliphatic carbocycles. The van der Waals surface area contributed by atoms with E-state index in [1.165, 1.54) is 0 Å². The Bertz CT molecular complexity index is 136. The summed E-state index contributed by atoms with van der Waals surface area (Å²) in [6.45, 7) is 14.7. The van der Waals surface area contributed by atoms with Crippen LogP contribution in [0.5, 0.6) is 0 Å². The van der Waals surface area contributed by atoms with Crippen LogP contribution in [0.1, 0.15) is 34.1 Å². The minimum Gasteiger partial charge on any atom is -0.396 e. The molecule has 0 unspecified atom stereocenters. The van der Waals surface area contributed by atoms with E-state index in [1.807, 2.05) is 0 Å². The Hall–Kier alpha value is -0.120. The smallest absolute Gasteiger partial charge is 0.0443 e. The number of aliphatic hydroxyl groups is 1. The number of hydrogen-bond donors (Lipinski definition) is 1. The van der Waals surface area contributed by atoms with Gasteiger partial charge < -0.3 is 10.0 Å². The van der Waals surface area contributed by atoms with Gasteiger partial charge in [-0.1, -0.05) is 13.8 Å². The molecule has 3 nitrogen and oxygen atoms in total. The van der Waals surface area contributed by atoms with Crippen molar-refractivity contribution in [2.45, 2.75) is 40.2 Å². The van der Waals surface area contributed by atoms with E-state index in [0.717, 1.165) is 39.1 Å². The van der Waals surface area contributed by atoms with E-state index in [9.17, 15) is 0 Å². The fraction of sp³-hybridized carbons (Fsp3) is 1.00. The van der Waals surface area contributed by atoms with Crippen LogP contribution < -0.4 is 0 Å². The Morgan fingerprint density at radius 2 is 1.60 bits per heavy atom. The molecule has 0 bridgehead atoms. The van der Waals surface area contributed by atoms with Crippen LogP contribution in [-0.4, -0.2) is 60.3 Å². The number of aliphatic hydroxyl groups excluding tert-OH is 1. The molecule has 0 aromatic carbocycles. The SMILES string of the molecule is CCN(CC)CCN(CCCO)C(C)C. The normalized spacial score (nSPS) is 12.0. The first-order chi connectivity index (χ1) is 7.15. The van der Waals surface area contributed by atoms with Gasteiger partial charge >= 0.3 is 0 Å². The first-order valence-corrected chi connectivity index (χ1v) is 6.22. The molecule has 0 aromatic heterocycles. The van der Waals surface area contributed by atoms with Crippen LogP contribution in [0.15, 0.2) is 0 Å². The lowest BCUT2D eigenvalue weighted by atomic mass is 10.3. The first-order valence-electron chi connectivity index (χ1n) is 6.22. The Morgan fingerprint density at radius 1 is 1.00 bits per heavy atom. The predicted octanol–water partition coefficient (Wildman–Crippen LogP) is 1.42. The van der Waals surface area contributed by atoms with Crippen LogP contribution in [0.4, 0.5) is 0 Å². The van der Waals surface area contributed by atoms with E-state index in [4.69, 9.17) is 5.11 Å². The highest BCUT2D eigenvalue weighted by atomic mass is 16.3. The van der Waals surface area contributed by atoms with Gasteiger partial charge in [0.2, 0.25) is 0 Å². The molecule has 0 aliphatic rings. The second kappa shape index (κ2) is 9.13. The maximum absolute atomic E-state index is 8.83. The molecular formula is C12H28N2O. The number of likely N-dealkylation sites (N-methyl/N-ethyl adjacent to an activating group) is 1. The average Bonchev–Trinajstić information content (AvgIpc) is 2.23. The second-order valence-electron chi connectivity index (χ2n) is 4.23. The van der Waals surface area contributed by atoms with Crippen molar-refractivity contribution in [2.75, 3.05) is 39.3 Å². The van der Waals surface area contributed by atoms with Gasteiger partial charge in [-0.2, -0.15) is 0 Å². The van der Waals surface area contributed by atoms with Gasteiger partial charge in [0.1, 0.15) is 0 Å². The van der Waals surface area contributed by atoms with E-state index in [2.05, 4.69) is 37.5 Å². The molecule has 0 fully saturated rings. The molecule has 0 aromatic rings. The van der Waals surface area contributed by atoms with Crippen LogP contribution >= 0.6 is 0 Å². The number of rotatable bonds is 9. The minimum atomic E-state index is 0.300. The molecular weight excluding hydrogens is 188 g/mol. The van der Waals surface area contributed by atoms with Crippen LogP contribution in [0.3, 0.4) is 0 Å². The van der Waals surface area contributed by atoms with Crippen LogP contribution in [0, 0.1) is 0 Å². The Balaban J connectivity index is 3.83. The van der Waals surface area contributed by atoms with E-state index >= 15 is 0 Å². The third-order valence-corrected chi connectivity index (χ3v) is 2.93. The summed E-state index contributed by atoms with van der Waals surface area (Å²) in [6, 6.07) is 0.576. The topological polar surface area (TPSA) is 26.7 Å². The molecule has 0 spiro atoms. The Kier molecular flexibility index (Phi) is 9.06. The van der Waals surface area contributed by atoms with Crippen LogP contribution in [0.2, 0.25) is 0 Å². The Morgan fingerprint density at radius 3 is 2.00 bits per heavy atom. The highest BCUT2D eigenvalue weighted by molar-refractivity contribution is 4.65. The van der Waals surface area contributed by atoms with Gasteiger partial charge in [0.25, 0.3) is 0 Å². The molecule has 0 saturated heterocycles. The molecule has 0 amide bonds. The molecule has 0 saturated carbocycles. The third kappa shape index (κ3) is 6.88. The molecule has 0 rings (SSSR count). The van der Waals surface area contributed by atoms with Crippen molar-refractivity contribution >= 4 is 0 Å². The molecule has 0 heterocycles. The van der Waals surface area contributed by atoms with E-state index in [-0.39, 0.29) is 0 Å². The van der Waals surface area contributed by atoms with Gasteiger partial charge in [-0.3, -0.25) is 4.90 Å². The maximum Gasteiger partial charge on any atom is 0.0443 e. The maximum atomic E-state index is 8.83. The summed E-state index contributed by atoms with van der Waals surface area (Å²) in [5.41, 5.74) is 0. The lowest BCUT2D eigenvalue weighted by Crippen LogP contribution is -2.39. The monoisotopic (exact) mass is 216 g/mol. The molecule has 3 heteroatoms. The molecule has 0 aliphatic heterocycles. The number of hydrogen-bond acceptors (Lipinski definition) is 3. The third-order valence-electron chi connectivity index (χ3n) is 2.93. The van der Waals surface area contributed by atoms with Crippen molar-refractivity contribution in [2.24, 2.45) is 0 Å². The summed E-state index contributed by atoms with van der Waals surface area (Å²) in [5.74, 6) is 0. The summed E-state index contributed by atoms with van der Waals surface area (Å²) in [4.78, 5) is 4.88. The van der Waals surface area contributed by atoms with Crippen LogP contribution in [-0.2, 0) is 0 Å². The lowest BCUT2D eigenvalue weighted by Gasteiger charge is -2.29. The van der Waals surface area contributed by atoms with Gasteiger partial charge in [-0.05, 0) is 33.4 Å². The summed E-state index contributed by atoms with van der Waals surface area (Å²) in [6.07, 6.45) is 0.885. The van der Waals surface area contributed by atoms with E-state index in [1.54, 1.807) is 0 Å². The van der Waals surface area contributed by atoms with E-state index in [0.29, 0.717) is 12.6 Å². The van der Waals surface area contributed by atoms with Crippen molar-refractivity contribution in [1.29, 1.82) is 0 Å². The summed E-state index contributed by atoms with van der Waals surface area (Å²) in [5, 5.41) is 8.83. The predicted molar refractivity (Wildman–Crippen MR) is 66.2 cm³/mol. The van der Waals surface area contributed by atoms with Gasteiger partial charge in [0, 0.05) is 32.3 Å². The molecule has 0 radical (unpaired) electrons. The minimum absolute atomic E-state index is 0.300. The average molecular weight is 216 g/mol. The fourth-order valence-corrected chi connectivity index (χ4v) is 1.71. The standard InChI is InChI=1S/C12H28N2O/c1-5-13(6-2)9-10-14(12(3)4)8-7-11-15/h12,15H,5-11H2,1-4H3. The summed E-state index contributed by atoms with van der Waals surface area (Å²) < 4.78 is 0. The van der Waals surface area contributed by atoms with Gasteiger partial charge in [-0.25, -0.2) is 0 Å². The largest absolute Gasteiger partial charge is 0.396 e. The molecule has 1 N–H and O–H groups in total. The summed E-state index contributed by atoms with van der Waals surface area (Å²) >= 11 is 0. The second-order valence-corrected chi connectivity index (χ2v) is 4.23. The van der Waals surface area contributed by atoms with Crippen molar-refractivity contribution < 1.29 is 5.11 Å². The van der Waals surface area contributed by atoms with Gasteiger partial charge in [0.05, 0.1) is 0 Å². The molecule has 15 heavy (non-hydrogen) atoms. The Labute approximate surface area is 95.1 Å². The van der Waals surface area contributed by atoms with Crippen molar-refractivity contribution in [3.63, 3.8) is 0 Å². The number of nitrogens with zero attached hydrogens (tertiary/aromatic N) is 2. The lowest BCUT2D eigenvalue weighted by molar-refractivity contribution is 0.165. The highest BCUT2D eigenvalue weighted by Crippen LogP contribution is 2.00. The first kappa shape index (κ1) is 14.9. The quantitative estimate of drug-likeness (QED) is 0.631. The van der Waals surface area contributed by atoms with Crippen molar-refractivity contribution in [3.8, 4) is 0 Å². The zero-order valence-corrected chi connectivity index (χ0v) is 10.9. The van der Waals surface area contributed by atoms with E-state index < -0.39 is 0 Å². The molecule has 0 atom stereocenters. The zero-order chi connectivity index (χ0) is 11.7. The molecule has 92 valence electrons. The highest BCUT2D eigenvalue weighted by Gasteiger charge is 2.09. The van der Waals surface area contributed by atoms with Crippen molar-refractivity contribution in [1.82, 2.24) is 9.80 Å². The van der Waals surface area contributed by atoms with Crippen molar-refractivity contribution in [3.05, 3.63) is 0 Å². The van der Waals surface area contributed by atoms with Gasteiger partial charge in [-0.15, -0.1) is 0 Å². The zero-order valence-electron chi connectivity index (χ0n) is 10.9. The summed E-state index contributed by atoms with van der Waals surface area (Å²) in [7, 11) is 0. The van der Waals surface area contributed by atoms with Gasteiger partial charge in [0.15, 0.2) is 0 Å². The van der Waals surface area contributed by atoms with Crippen LogP contribution in [0.25, 0.3) is 0 Å².